The minimum absolute atomic E-state index is 0.215. The summed E-state index contributed by atoms with van der Waals surface area (Å²) < 4.78 is 5.66. The van der Waals surface area contributed by atoms with Gasteiger partial charge in [0, 0.05) is 18.5 Å². The van der Waals surface area contributed by atoms with Crippen molar-refractivity contribution in [1.82, 2.24) is 9.97 Å². The van der Waals surface area contributed by atoms with E-state index in [1.807, 2.05) is 18.2 Å². The van der Waals surface area contributed by atoms with Crippen LogP contribution in [0.25, 0.3) is 11.0 Å². The van der Waals surface area contributed by atoms with E-state index in [4.69, 9.17) is 4.74 Å². The lowest BCUT2D eigenvalue weighted by atomic mass is 10.3. The number of ether oxygens (including phenoxy) is 1. The van der Waals surface area contributed by atoms with Gasteiger partial charge >= 0.3 is 0 Å². The molecule has 0 fully saturated rings. The highest BCUT2D eigenvalue weighted by Gasteiger charge is 2.00. The van der Waals surface area contributed by atoms with Gasteiger partial charge in [0.2, 0.25) is 0 Å². The summed E-state index contributed by atoms with van der Waals surface area (Å²) in [6.45, 7) is 0. The molecule has 0 aliphatic carbocycles. The van der Waals surface area contributed by atoms with Crippen molar-refractivity contribution in [2.75, 3.05) is 0 Å². The van der Waals surface area contributed by atoms with Gasteiger partial charge in [0.1, 0.15) is 17.2 Å². The van der Waals surface area contributed by atoms with Crippen molar-refractivity contribution in [2.45, 2.75) is 0 Å². The largest absolute Gasteiger partial charge is 0.508 e. The summed E-state index contributed by atoms with van der Waals surface area (Å²) >= 11 is 0. The molecule has 0 aliphatic rings. The van der Waals surface area contributed by atoms with Crippen LogP contribution in [-0.4, -0.2) is 15.1 Å². The maximum absolute atomic E-state index is 9.19. The first kappa shape index (κ1) is 10.5. The number of phenols is 1. The Labute approximate surface area is 104 Å². The zero-order valence-corrected chi connectivity index (χ0v) is 9.45. The van der Waals surface area contributed by atoms with Crippen LogP contribution in [0, 0.1) is 0 Å². The van der Waals surface area contributed by atoms with Crippen molar-refractivity contribution in [3.8, 4) is 17.2 Å². The molecule has 0 spiro atoms. The van der Waals surface area contributed by atoms with E-state index in [1.165, 1.54) is 0 Å². The van der Waals surface area contributed by atoms with Crippen molar-refractivity contribution in [3.63, 3.8) is 0 Å². The Bertz CT molecular complexity index is 681. The van der Waals surface area contributed by atoms with Gasteiger partial charge in [0.05, 0.1) is 11.0 Å². The highest BCUT2D eigenvalue weighted by Crippen LogP contribution is 2.25. The third-order valence-electron chi connectivity index (χ3n) is 2.51. The summed E-state index contributed by atoms with van der Waals surface area (Å²) in [5.41, 5.74) is 1.62. The van der Waals surface area contributed by atoms with Gasteiger partial charge < -0.3 is 9.84 Å². The first-order chi connectivity index (χ1) is 8.81. The van der Waals surface area contributed by atoms with E-state index < -0.39 is 0 Å². The molecule has 0 atom stereocenters. The fourth-order valence-corrected chi connectivity index (χ4v) is 1.66. The molecule has 88 valence electrons. The fourth-order valence-electron chi connectivity index (χ4n) is 1.66. The summed E-state index contributed by atoms with van der Waals surface area (Å²) in [6.07, 6.45) is 3.30. The highest BCUT2D eigenvalue weighted by atomic mass is 16.5. The summed E-state index contributed by atoms with van der Waals surface area (Å²) in [5.74, 6) is 1.57. The lowest BCUT2D eigenvalue weighted by molar-refractivity contribution is 0.464. The maximum atomic E-state index is 9.19. The van der Waals surface area contributed by atoms with E-state index >= 15 is 0 Å². The van der Waals surface area contributed by atoms with Crippen LogP contribution in [0.3, 0.4) is 0 Å². The van der Waals surface area contributed by atoms with Crippen LogP contribution in [0.5, 0.6) is 17.2 Å². The lowest BCUT2D eigenvalue weighted by Gasteiger charge is -2.06. The molecule has 0 unspecified atom stereocenters. The van der Waals surface area contributed by atoms with Crippen LogP contribution >= 0.6 is 0 Å². The second-order valence-corrected chi connectivity index (χ2v) is 3.80. The van der Waals surface area contributed by atoms with Crippen LogP contribution in [-0.2, 0) is 0 Å². The number of fused-ring (bicyclic) bond motifs is 1. The van der Waals surface area contributed by atoms with Crippen LogP contribution in [0.1, 0.15) is 0 Å². The van der Waals surface area contributed by atoms with E-state index in [9.17, 15) is 5.11 Å². The Morgan fingerprint density at radius 3 is 2.22 bits per heavy atom. The lowest BCUT2D eigenvalue weighted by Crippen LogP contribution is -1.86. The molecule has 0 saturated carbocycles. The fraction of sp³-hybridized carbons (Fsp3) is 0. The Hall–Kier alpha value is -2.62. The molecule has 1 heterocycles. The average molecular weight is 238 g/mol. The molecule has 2 aromatic carbocycles. The van der Waals surface area contributed by atoms with Crippen LogP contribution in [0.4, 0.5) is 0 Å². The molecule has 4 heteroatoms. The van der Waals surface area contributed by atoms with Gasteiger partial charge in [-0.15, -0.1) is 0 Å². The summed E-state index contributed by atoms with van der Waals surface area (Å²) in [7, 11) is 0. The minimum atomic E-state index is 0.215. The Morgan fingerprint density at radius 1 is 0.778 bits per heavy atom. The van der Waals surface area contributed by atoms with Crippen molar-refractivity contribution in [2.24, 2.45) is 0 Å². The van der Waals surface area contributed by atoms with Gasteiger partial charge in [-0.2, -0.15) is 0 Å². The van der Waals surface area contributed by atoms with E-state index in [1.54, 1.807) is 36.7 Å². The number of aromatic nitrogens is 2. The van der Waals surface area contributed by atoms with E-state index in [2.05, 4.69) is 9.97 Å². The first-order valence-corrected chi connectivity index (χ1v) is 5.49. The van der Waals surface area contributed by atoms with E-state index in [0.29, 0.717) is 11.5 Å². The Morgan fingerprint density at radius 2 is 1.44 bits per heavy atom. The molecule has 1 N–H and O–H groups in total. The molecule has 1 aromatic heterocycles. The van der Waals surface area contributed by atoms with Gasteiger partial charge in [0.15, 0.2) is 0 Å². The molecule has 0 bridgehead atoms. The number of rotatable bonds is 2. The number of hydrogen-bond donors (Lipinski definition) is 1. The monoisotopic (exact) mass is 238 g/mol. The van der Waals surface area contributed by atoms with Crippen molar-refractivity contribution in [3.05, 3.63) is 54.9 Å². The second kappa shape index (κ2) is 4.33. The van der Waals surface area contributed by atoms with Crippen molar-refractivity contribution in [1.29, 1.82) is 0 Å². The van der Waals surface area contributed by atoms with Gasteiger partial charge in [-0.25, -0.2) is 0 Å². The maximum Gasteiger partial charge on any atom is 0.129 e. The van der Waals surface area contributed by atoms with Crippen molar-refractivity contribution >= 4 is 11.0 Å². The summed E-state index contributed by atoms with van der Waals surface area (Å²) in [4.78, 5) is 8.40. The zero-order valence-electron chi connectivity index (χ0n) is 9.45. The van der Waals surface area contributed by atoms with Gasteiger partial charge in [0.25, 0.3) is 0 Å². The normalized spacial score (nSPS) is 10.4. The predicted octanol–water partition coefficient (Wildman–Crippen LogP) is 3.13. The van der Waals surface area contributed by atoms with Crippen LogP contribution in [0.15, 0.2) is 54.9 Å². The second-order valence-electron chi connectivity index (χ2n) is 3.80. The van der Waals surface area contributed by atoms with E-state index in [0.717, 1.165) is 11.0 Å². The standard InChI is InChI=1S/C14H10N2O2/c17-10-1-3-11(4-2-10)18-12-5-6-13-14(9-12)16-8-7-15-13/h1-9,17H. The van der Waals surface area contributed by atoms with Crippen LogP contribution < -0.4 is 4.74 Å². The number of aromatic hydroxyl groups is 1. The molecule has 3 aromatic rings. The summed E-state index contributed by atoms with van der Waals surface area (Å²) in [5, 5.41) is 9.19. The minimum Gasteiger partial charge on any atom is -0.508 e. The number of hydrogen-bond acceptors (Lipinski definition) is 4. The average Bonchev–Trinajstić information content (AvgIpc) is 2.41. The molecule has 0 aliphatic heterocycles. The molecule has 18 heavy (non-hydrogen) atoms. The Balaban J connectivity index is 1.92. The SMILES string of the molecule is Oc1ccc(Oc2ccc3nccnc3c2)cc1. The topological polar surface area (TPSA) is 55.2 Å². The quantitative estimate of drug-likeness (QED) is 0.745. The molecular formula is C14H10N2O2. The van der Waals surface area contributed by atoms with Crippen molar-refractivity contribution < 1.29 is 9.84 Å². The van der Waals surface area contributed by atoms with Crippen LogP contribution in [0.2, 0.25) is 0 Å². The predicted molar refractivity (Wildman–Crippen MR) is 67.7 cm³/mol. The summed E-state index contributed by atoms with van der Waals surface area (Å²) in [6, 6.07) is 12.1. The van der Waals surface area contributed by atoms with Gasteiger partial charge in [-0.05, 0) is 36.4 Å². The number of phenolic OH excluding ortho intramolecular Hbond substituents is 1. The highest BCUT2D eigenvalue weighted by molar-refractivity contribution is 5.75. The third kappa shape index (κ3) is 2.08. The third-order valence-corrected chi connectivity index (χ3v) is 2.51. The molecular weight excluding hydrogens is 228 g/mol. The molecule has 0 saturated heterocycles. The number of nitrogens with zero attached hydrogens (tertiary/aromatic N) is 2. The first-order valence-electron chi connectivity index (χ1n) is 5.49. The zero-order chi connectivity index (χ0) is 12.4. The Kier molecular flexibility index (Phi) is 2.53. The van der Waals surface area contributed by atoms with E-state index in [-0.39, 0.29) is 5.75 Å². The molecule has 4 nitrogen and oxygen atoms in total. The molecule has 3 rings (SSSR count). The molecule has 0 amide bonds. The smallest absolute Gasteiger partial charge is 0.129 e. The molecule has 0 radical (unpaired) electrons. The number of benzene rings is 2. The van der Waals surface area contributed by atoms with Gasteiger partial charge in [-0.3, -0.25) is 9.97 Å². The van der Waals surface area contributed by atoms with Gasteiger partial charge in [-0.1, -0.05) is 0 Å².